The van der Waals surface area contributed by atoms with Gasteiger partial charge in [0.05, 0.1) is 12.7 Å². The molecule has 28 heavy (non-hydrogen) atoms. The Labute approximate surface area is 163 Å². The highest BCUT2D eigenvalue weighted by molar-refractivity contribution is 7.36. The van der Waals surface area contributed by atoms with E-state index >= 15 is 0 Å². The van der Waals surface area contributed by atoms with Crippen LogP contribution in [0.2, 0.25) is 0 Å². The van der Waals surface area contributed by atoms with Crippen LogP contribution in [0.25, 0.3) is 0 Å². The summed E-state index contributed by atoms with van der Waals surface area (Å²) in [5.74, 6) is -0.392. The van der Waals surface area contributed by atoms with Crippen molar-refractivity contribution in [1.82, 2.24) is 14.6 Å². The summed E-state index contributed by atoms with van der Waals surface area (Å²) in [6.45, 7) is 5.29. The lowest BCUT2D eigenvalue weighted by Gasteiger charge is -2.14. The summed E-state index contributed by atoms with van der Waals surface area (Å²) in [4.78, 5) is 27.3. The Morgan fingerprint density at radius 1 is 1.54 bits per heavy atom. The second-order valence-corrected chi connectivity index (χ2v) is 7.37. The van der Waals surface area contributed by atoms with E-state index in [-0.39, 0.29) is 25.1 Å². The molecule has 1 unspecified atom stereocenters. The van der Waals surface area contributed by atoms with E-state index in [1.165, 1.54) is 23.8 Å². The van der Waals surface area contributed by atoms with Crippen LogP contribution < -0.4 is 16.5 Å². The largest absolute Gasteiger partial charge is 0.614 e. The van der Waals surface area contributed by atoms with Gasteiger partial charge in [-0.3, -0.25) is 9.36 Å². The number of aromatic nitrogens is 2. The molecular formula is C16H26N4O7P+. The zero-order valence-electron chi connectivity index (χ0n) is 16.1. The number of nitrogens with zero attached hydrogens (tertiary/aromatic N) is 2. The molecule has 1 aromatic heterocycles. The Morgan fingerprint density at radius 2 is 2.29 bits per heavy atom. The Balaban J connectivity index is 1.74. The lowest BCUT2D eigenvalue weighted by atomic mass is 10.2. The standard InChI is InChI=1S/C16H25N4O7P/c1-4-5-10(2)26-15(21)11(3)19-28(23)25-9-14-24-8-13(27-14)20-7-6-12(17)18-16(20)22/h6-7,10-11,13-14H,4-5,8-9H2,1-3H3,(H2-,17,18,19,22,23)/p+1/t10-,11-,13-,14-/m0/s1. The molecule has 1 aromatic rings. The van der Waals surface area contributed by atoms with E-state index in [2.05, 4.69) is 10.1 Å². The Morgan fingerprint density at radius 3 is 2.96 bits per heavy atom. The zero-order valence-corrected chi connectivity index (χ0v) is 17.0. The predicted octanol–water partition coefficient (Wildman–Crippen LogP) is 1.08. The van der Waals surface area contributed by atoms with Crippen LogP contribution in [-0.2, 0) is 28.1 Å². The van der Waals surface area contributed by atoms with Crippen LogP contribution in [-0.4, -0.2) is 47.2 Å². The number of carbonyl (C=O) groups is 1. The summed E-state index contributed by atoms with van der Waals surface area (Å²) < 4.78 is 34.5. The van der Waals surface area contributed by atoms with E-state index in [1.807, 2.05) is 6.92 Å². The predicted molar refractivity (Wildman–Crippen MR) is 99.4 cm³/mol. The van der Waals surface area contributed by atoms with Gasteiger partial charge in [0.2, 0.25) is 0 Å². The molecule has 156 valence electrons. The van der Waals surface area contributed by atoms with Crippen LogP contribution >= 0.6 is 8.18 Å². The molecule has 0 saturated carbocycles. The molecule has 1 aliphatic rings. The minimum atomic E-state index is -2.34. The molecule has 2 heterocycles. The molecule has 11 nitrogen and oxygen atoms in total. The molecule has 0 aromatic carbocycles. The van der Waals surface area contributed by atoms with Crippen LogP contribution in [0.15, 0.2) is 17.1 Å². The maximum Gasteiger partial charge on any atom is 0.614 e. The average molecular weight is 417 g/mol. The minimum Gasteiger partial charge on any atom is -0.461 e. The molecule has 0 radical (unpaired) electrons. The van der Waals surface area contributed by atoms with Gasteiger partial charge in [0.1, 0.15) is 11.9 Å². The van der Waals surface area contributed by atoms with Crippen molar-refractivity contribution in [2.24, 2.45) is 0 Å². The van der Waals surface area contributed by atoms with Gasteiger partial charge in [0, 0.05) is 6.20 Å². The zero-order chi connectivity index (χ0) is 20.7. The molecule has 1 aliphatic heterocycles. The maximum atomic E-state index is 12.0. The smallest absolute Gasteiger partial charge is 0.461 e. The lowest BCUT2D eigenvalue weighted by Crippen LogP contribution is -2.33. The van der Waals surface area contributed by atoms with Gasteiger partial charge >= 0.3 is 19.8 Å². The normalized spacial score (nSPS) is 21.9. The second-order valence-electron chi connectivity index (χ2n) is 6.34. The van der Waals surface area contributed by atoms with Crippen molar-refractivity contribution < 1.29 is 28.1 Å². The first-order chi connectivity index (χ1) is 13.3. The number of hydrogen-bond donors (Lipinski definition) is 2. The summed E-state index contributed by atoms with van der Waals surface area (Å²) in [6.07, 6.45) is 1.40. The first kappa shape index (κ1) is 22.4. The fourth-order valence-corrected chi connectivity index (χ4v) is 3.22. The van der Waals surface area contributed by atoms with Crippen LogP contribution in [0, 0.1) is 0 Å². The summed E-state index contributed by atoms with van der Waals surface area (Å²) in [5.41, 5.74) is 4.89. The van der Waals surface area contributed by atoms with E-state index in [1.54, 1.807) is 6.92 Å². The van der Waals surface area contributed by atoms with Crippen molar-refractivity contribution in [3.05, 3.63) is 22.7 Å². The third-order valence-corrected chi connectivity index (χ3v) is 4.87. The molecule has 0 aliphatic carbocycles. The number of rotatable bonds is 10. The average Bonchev–Trinajstić information content (AvgIpc) is 3.08. The fourth-order valence-electron chi connectivity index (χ4n) is 2.46. The number of hydrogen-bond acceptors (Lipinski definition) is 9. The molecule has 5 atom stereocenters. The first-order valence-electron chi connectivity index (χ1n) is 8.98. The third kappa shape index (κ3) is 6.61. The SMILES string of the molecule is CCC[C@H](C)OC(=O)[C@H](C)N[P+](=O)OC[C@H]1OC[C@@H](n2ccc(N)nc2=O)O1. The number of nitrogens with one attached hydrogen (secondary N) is 1. The first-order valence-corrected chi connectivity index (χ1v) is 10.2. The number of nitrogens with two attached hydrogens (primary N) is 1. The summed E-state index contributed by atoms with van der Waals surface area (Å²) >= 11 is 0. The number of anilines is 1. The highest BCUT2D eigenvalue weighted by Gasteiger charge is 2.33. The van der Waals surface area contributed by atoms with Crippen molar-refractivity contribution in [2.75, 3.05) is 18.9 Å². The van der Waals surface area contributed by atoms with Crippen molar-refractivity contribution in [1.29, 1.82) is 0 Å². The van der Waals surface area contributed by atoms with Crippen molar-refractivity contribution in [2.45, 2.75) is 58.3 Å². The Kier molecular flexibility index (Phi) is 8.46. The van der Waals surface area contributed by atoms with Gasteiger partial charge in [0.15, 0.2) is 19.1 Å². The van der Waals surface area contributed by atoms with Gasteiger partial charge in [-0.2, -0.15) is 4.98 Å². The van der Waals surface area contributed by atoms with Gasteiger partial charge in [0.25, 0.3) is 0 Å². The summed E-state index contributed by atoms with van der Waals surface area (Å²) in [7, 11) is -2.34. The summed E-state index contributed by atoms with van der Waals surface area (Å²) in [6, 6.07) is 0.678. The topological polar surface area (TPSA) is 144 Å². The lowest BCUT2D eigenvalue weighted by molar-refractivity contribution is -0.150. The van der Waals surface area contributed by atoms with Gasteiger partial charge < -0.3 is 19.9 Å². The number of carbonyl (C=O) groups excluding carboxylic acids is 1. The monoisotopic (exact) mass is 417 g/mol. The second kappa shape index (κ2) is 10.6. The molecular weight excluding hydrogens is 391 g/mol. The molecule has 0 spiro atoms. The molecule has 0 amide bonds. The van der Waals surface area contributed by atoms with E-state index in [4.69, 9.17) is 24.5 Å². The molecule has 12 heteroatoms. The highest BCUT2D eigenvalue weighted by atomic mass is 31.1. The fraction of sp³-hybridized carbons (Fsp3) is 0.688. The molecule has 3 N–H and O–H groups in total. The number of esters is 1. The Bertz CT molecular complexity index is 744. The summed E-state index contributed by atoms with van der Waals surface area (Å²) in [5, 5.41) is 2.53. The van der Waals surface area contributed by atoms with E-state index in [9.17, 15) is 14.2 Å². The highest BCUT2D eigenvalue weighted by Crippen LogP contribution is 2.24. The van der Waals surface area contributed by atoms with Crippen LogP contribution in [0.3, 0.4) is 0 Å². The van der Waals surface area contributed by atoms with E-state index in [0.29, 0.717) is 0 Å². The Hall–Kier alpha value is -1.91. The van der Waals surface area contributed by atoms with E-state index in [0.717, 1.165) is 12.8 Å². The van der Waals surface area contributed by atoms with Crippen molar-refractivity contribution in [3.63, 3.8) is 0 Å². The van der Waals surface area contributed by atoms with Crippen LogP contribution in [0.4, 0.5) is 5.82 Å². The van der Waals surface area contributed by atoms with Gasteiger partial charge in [-0.15, -0.1) is 4.52 Å². The van der Waals surface area contributed by atoms with Crippen molar-refractivity contribution in [3.8, 4) is 0 Å². The minimum absolute atomic E-state index is 0.0990. The van der Waals surface area contributed by atoms with Gasteiger partial charge in [-0.25, -0.2) is 4.79 Å². The quantitative estimate of drug-likeness (QED) is 0.419. The van der Waals surface area contributed by atoms with Crippen LogP contribution in [0.5, 0.6) is 0 Å². The third-order valence-electron chi connectivity index (χ3n) is 3.89. The maximum absolute atomic E-state index is 12.0. The van der Waals surface area contributed by atoms with E-state index < -0.39 is 38.4 Å². The number of nitrogen functional groups attached to an aromatic ring is 1. The molecule has 1 saturated heterocycles. The van der Waals surface area contributed by atoms with Crippen molar-refractivity contribution >= 4 is 20.0 Å². The molecule has 0 bridgehead atoms. The molecule has 2 rings (SSSR count). The van der Waals surface area contributed by atoms with Gasteiger partial charge in [-0.1, -0.05) is 18.4 Å². The van der Waals surface area contributed by atoms with Crippen LogP contribution in [0.1, 0.15) is 39.8 Å². The number of ether oxygens (including phenoxy) is 3. The molecule has 1 fully saturated rings. The van der Waals surface area contributed by atoms with Gasteiger partial charge in [-0.05, 0) is 30.9 Å².